The molecule has 0 bridgehead atoms. The molecule has 0 aromatic heterocycles. The summed E-state index contributed by atoms with van der Waals surface area (Å²) < 4.78 is 65.7. The van der Waals surface area contributed by atoms with Crippen LogP contribution < -0.4 is 14.8 Å². The Morgan fingerprint density at radius 2 is 1.82 bits per heavy atom. The van der Waals surface area contributed by atoms with Gasteiger partial charge in [-0.25, -0.2) is 21.6 Å². The molecule has 0 aliphatic carbocycles. The number of sulfonamides is 2. The highest BCUT2D eigenvalue weighted by Crippen LogP contribution is 2.37. The fourth-order valence-electron chi connectivity index (χ4n) is 4.88. The highest BCUT2D eigenvalue weighted by Gasteiger charge is 2.44. The van der Waals surface area contributed by atoms with E-state index in [1.165, 1.54) is 19.2 Å². The Bertz CT molecular complexity index is 1340. The largest absolute Gasteiger partial charge is 0.491 e. The lowest BCUT2D eigenvalue weighted by atomic mass is 9.88. The second-order valence-electron chi connectivity index (χ2n) is 10.1. The molecule has 12 heteroatoms. The van der Waals surface area contributed by atoms with Crippen LogP contribution in [0.1, 0.15) is 30.4 Å². The number of rotatable bonds is 10. The molecule has 2 aliphatic rings. The quantitative estimate of drug-likeness (QED) is 0.394. The van der Waals surface area contributed by atoms with Crippen LogP contribution >= 0.6 is 0 Å². The lowest BCUT2D eigenvalue weighted by molar-refractivity contribution is -0.0312. The number of ether oxygens (including phenoxy) is 2. The first-order chi connectivity index (χ1) is 17.9. The first kappa shape index (κ1) is 28.9. The molecule has 0 saturated carbocycles. The number of nitrogens with one attached hydrogen (secondary N) is 2. The van der Waals surface area contributed by atoms with E-state index < -0.39 is 26.2 Å². The van der Waals surface area contributed by atoms with E-state index in [0.29, 0.717) is 43.2 Å². The normalized spacial score (nSPS) is 21.0. The summed E-state index contributed by atoms with van der Waals surface area (Å²) in [7, 11) is -5.78. The average molecular weight is 568 g/mol. The van der Waals surface area contributed by atoms with Crippen molar-refractivity contribution in [2.24, 2.45) is 0 Å². The van der Waals surface area contributed by atoms with Crippen molar-refractivity contribution in [1.82, 2.24) is 14.3 Å². The molecule has 2 aliphatic heterocycles. The molecule has 1 spiro atoms. The van der Waals surface area contributed by atoms with Crippen molar-refractivity contribution in [3.8, 4) is 5.75 Å². The number of nitrogens with zero attached hydrogens (tertiary/aromatic N) is 1. The summed E-state index contributed by atoms with van der Waals surface area (Å²) in [6.45, 7) is 5.45. The molecule has 2 heterocycles. The summed E-state index contributed by atoms with van der Waals surface area (Å²) >= 11 is 0. The predicted molar refractivity (Wildman–Crippen MR) is 143 cm³/mol. The third-order valence-electron chi connectivity index (χ3n) is 7.43. The zero-order valence-electron chi connectivity index (χ0n) is 22.0. The zero-order valence-corrected chi connectivity index (χ0v) is 23.6. The van der Waals surface area contributed by atoms with Gasteiger partial charge >= 0.3 is 0 Å². The summed E-state index contributed by atoms with van der Waals surface area (Å²) in [5.74, 6) is 0.353. The summed E-state index contributed by atoms with van der Waals surface area (Å²) in [6.07, 6.45) is 1.17. The van der Waals surface area contributed by atoms with Crippen molar-refractivity contribution < 1.29 is 31.4 Å². The zero-order chi connectivity index (χ0) is 27.6. The Morgan fingerprint density at radius 1 is 1.08 bits per heavy atom. The first-order valence-corrected chi connectivity index (χ1v) is 15.7. The summed E-state index contributed by atoms with van der Waals surface area (Å²) in [5, 5.41) is 13.7. The van der Waals surface area contributed by atoms with Crippen LogP contribution in [-0.2, 0) is 24.8 Å². The van der Waals surface area contributed by atoms with Crippen molar-refractivity contribution in [3.63, 3.8) is 0 Å². The van der Waals surface area contributed by atoms with Gasteiger partial charge in [-0.2, -0.15) is 4.31 Å². The van der Waals surface area contributed by atoms with Crippen LogP contribution in [0.4, 0.5) is 0 Å². The number of hydrogen-bond acceptors (Lipinski definition) is 8. The van der Waals surface area contributed by atoms with Crippen LogP contribution in [0.2, 0.25) is 0 Å². The van der Waals surface area contributed by atoms with Gasteiger partial charge in [0.15, 0.2) is 0 Å². The number of hydrogen-bond donors (Lipinski definition) is 3. The number of aryl methyl sites for hydroxylation is 2. The summed E-state index contributed by atoms with van der Waals surface area (Å²) in [6, 6.07) is 11.4. The second-order valence-corrected chi connectivity index (χ2v) is 13.9. The molecule has 4 rings (SSSR count). The molecule has 0 radical (unpaired) electrons. The third kappa shape index (κ3) is 6.56. The highest BCUT2D eigenvalue weighted by molar-refractivity contribution is 7.89. The van der Waals surface area contributed by atoms with E-state index >= 15 is 0 Å². The number of piperidine rings is 1. The Balaban J connectivity index is 1.23. The molecule has 210 valence electrons. The van der Waals surface area contributed by atoms with E-state index in [0.717, 1.165) is 17.5 Å². The maximum Gasteiger partial charge on any atom is 0.243 e. The van der Waals surface area contributed by atoms with Crippen LogP contribution in [0.15, 0.2) is 52.3 Å². The molecular weight excluding hydrogens is 530 g/mol. The van der Waals surface area contributed by atoms with Gasteiger partial charge < -0.3 is 19.9 Å². The van der Waals surface area contributed by atoms with E-state index in [1.54, 1.807) is 28.6 Å². The maximum atomic E-state index is 13.1. The van der Waals surface area contributed by atoms with E-state index in [4.69, 9.17) is 9.47 Å². The topological polar surface area (TPSA) is 134 Å². The molecule has 3 N–H and O–H groups in total. The average Bonchev–Trinajstić information content (AvgIpc) is 3.30. The van der Waals surface area contributed by atoms with Crippen molar-refractivity contribution in [3.05, 3.63) is 53.6 Å². The second kappa shape index (κ2) is 11.6. The van der Waals surface area contributed by atoms with Gasteiger partial charge in [-0.15, -0.1) is 0 Å². The highest BCUT2D eigenvalue weighted by atomic mass is 32.2. The van der Waals surface area contributed by atoms with Gasteiger partial charge in [0.2, 0.25) is 20.0 Å². The maximum absolute atomic E-state index is 13.1. The molecular formula is C26H37N3O7S2. The van der Waals surface area contributed by atoms with Crippen molar-refractivity contribution in [2.45, 2.75) is 60.6 Å². The lowest BCUT2D eigenvalue weighted by Crippen LogP contribution is -2.47. The number of aliphatic hydroxyl groups excluding tert-OH is 1. The van der Waals surface area contributed by atoms with Gasteiger partial charge in [-0.1, -0.05) is 12.1 Å². The molecule has 0 amide bonds. The summed E-state index contributed by atoms with van der Waals surface area (Å²) in [4.78, 5) is 0.418. The first-order valence-electron chi connectivity index (χ1n) is 12.7. The Kier molecular flexibility index (Phi) is 8.82. The van der Waals surface area contributed by atoms with Gasteiger partial charge in [-0.05, 0) is 75.5 Å². The predicted octanol–water partition coefficient (Wildman–Crippen LogP) is 1.55. The van der Waals surface area contributed by atoms with Crippen molar-refractivity contribution in [1.29, 1.82) is 0 Å². The molecule has 2 atom stereocenters. The minimum Gasteiger partial charge on any atom is -0.491 e. The van der Waals surface area contributed by atoms with Crippen LogP contribution in [0.25, 0.3) is 0 Å². The summed E-state index contributed by atoms with van der Waals surface area (Å²) in [5.41, 5.74) is 1.65. The van der Waals surface area contributed by atoms with Gasteiger partial charge in [0, 0.05) is 31.7 Å². The van der Waals surface area contributed by atoms with Crippen LogP contribution in [-0.4, -0.2) is 83.9 Å². The monoisotopic (exact) mass is 567 g/mol. The lowest BCUT2D eigenvalue weighted by Gasteiger charge is -2.38. The molecule has 2 unspecified atom stereocenters. The van der Waals surface area contributed by atoms with Crippen molar-refractivity contribution in [2.75, 3.05) is 39.9 Å². The fourth-order valence-corrected chi connectivity index (χ4v) is 7.18. The van der Waals surface area contributed by atoms with Crippen molar-refractivity contribution >= 4 is 20.0 Å². The fraction of sp³-hybridized carbons (Fsp3) is 0.538. The standard InChI is InChI=1S/C26H37N3O7S2/c1-19-7-8-25(13-20(19)2)38(33,34)29-11-9-26(10-12-29)15-21(17-36-26)28-16-22(30)18-35-23-5-4-6-24(14-23)37(31,32)27-3/h4-8,13-14,21-22,27-28,30H,9-12,15-18H2,1-3H3. The van der Waals surface area contributed by atoms with E-state index in [2.05, 4.69) is 10.0 Å². The number of aliphatic hydroxyl groups is 1. The van der Waals surface area contributed by atoms with Crippen LogP contribution in [0.3, 0.4) is 0 Å². The Hall–Kier alpha value is -2.06. The van der Waals surface area contributed by atoms with Crippen LogP contribution in [0, 0.1) is 13.8 Å². The Morgan fingerprint density at radius 3 is 2.50 bits per heavy atom. The smallest absolute Gasteiger partial charge is 0.243 e. The molecule has 10 nitrogen and oxygen atoms in total. The number of benzene rings is 2. The molecule has 2 aromatic carbocycles. The van der Waals surface area contributed by atoms with E-state index in [-0.39, 0.29) is 29.7 Å². The van der Waals surface area contributed by atoms with Gasteiger partial charge in [0.1, 0.15) is 18.5 Å². The minimum atomic E-state index is -3.58. The SMILES string of the molecule is CNS(=O)(=O)c1cccc(OCC(O)CNC2COC3(CCN(S(=O)(=O)c4ccc(C)c(C)c4)CC3)C2)c1. The molecule has 38 heavy (non-hydrogen) atoms. The van der Waals surface area contributed by atoms with Gasteiger partial charge in [0.25, 0.3) is 0 Å². The Labute approximate surface area is 225 Å². The van der Waals surface area contributed by atoms with Gasteiger partial charge in [0.05, 0.1) is 22.0 Å². The van der Waals surface area contributed by atoms with Crippen LogP contribution in [0.5, 0.6) is 5.75 Å². The third-order valence-corrected chi connectivity index (χ3v) is 10.7. The molecule has 2 fully saturated rings. The molecule has 2 saturated heterocycles. The van der Waals surface area contributed by atoms with E-state index in [9.17, 15) is 21.9 Å². The van der Waals surface area contributed by atoms with Gasteiger partial charge in [-0.3, -0.25) is 0 Å². The molecule has 2 aromatic rings. The minimum absolute atomic E-state index is 0.0000783. The van der Waals surface area contributed by atoms with E-state index in [1.807, 2.05) is 19.9 Å².